The molecule has 1 unspecified atom stereocenters. The fourth-order valence-electron chi connectivity index (χ4n) is 3.36. The van der Waals surface area contributed by atoms with Crippen molar-refractivity contribution in [1.82, 2.24) is 15.2 Å². The molecule has 0 aromatic heterocycles. The van der Waals surface area contributed by atoms with Crippen LogP contribution in [0.4, 0.5) is 4.39 Å². The molecule has 1 heterocycles. The lowest BCUT2D eigenvalue weighted by molar-refractivity contribution is -0.131. The van der Waals surface area contributed by atoms with Gasteiger partial charge in [0.25, 0.3) is 5.91 Å². The molecule has 1 atom stereocenters. The van der Waals surface area contributed by atoms with Gasteiger partial charge >= 0.3 is 0 Å². The summed E-state index contributed by atoms with van der Waals surface area (Å²) in [5.41, 5.74) is 4.67. The second-order valence-corrected chi connectivity index (χ2v) is 8.29. The van der Waals surface area contributed by atoms with E-state index in [0.29, 0.717) is 31.7 Å². The van der Waals surface area contributed by atoms with Crippen molar-refractivity contribution in [3.05, 3.63) is 59.4 Å². The first kappa shape index (κ1) is 22.3. The Balaban J connectivity index is 1.55. The highest BCUT2D eigenvalue weighted by Crippen LogP contribution is 2.25. The van der Waals surface area contributed by atoms with Crippen LogP contribution in [0.1, 0.15) is 28.8 Å². The second kappa shape index (κ2) is 10.6. The fraction of sp³-hybridized carbons (Fsp3) is 0.364. The smallest absolute Gasteiger partial charge is 0.269 e. The number of benzene rings is 2. The number of methoxy groups -OCH3 is 1. The van der Waals surface area contributed by atoms with Crippen LogP contribution in [0.5, 0.6) is 0 Å². The molecule has 0 bridgehead atoms. The Kier molecular flexibility index (Phi) is 7.84. The first-order valence-electron chi connectivity index (χ1n) is 9.83. The second-order valence-electron chi connectivity index (χ2n) is 7.19. The molecular weight excluding hydrogens is 405 g/mol. The summed E-state index contributed by atoms with van der Waals surface area (Å²) in [6, 6.07) is 12.8. The van der Waals surface area contributed by atoms with Crippen LogP contribution in [0.2, 0.25) is 0 Å². The van der Waals surface area contributed by atoms with Gasteiger partial charge in [0.15, 0.2) is 0 Å². The number of rotatable bonds is 8. The number of carbonyl (C=O) groups excluding carboxylic acids is 2. The Morgan fingerprint density at radius 2 is 2.00 bits per heavy atom. The number of ether oxygens (including phenoxy) is 1. The van der Waals surface area contributed by atoms with Crippen LogP contribution in [-0.4, -0.2) is 48.8 Å². The van der Waals surface area contributed by atoms with Gasteiger partial charge in [-0.05, 0) is 42.2 Å². The average Bonchev–Trinajstić information content (AvgIpc) is 3.23. The van der Waals surface area contributed by atoms with Crippen molar-refractivity contribution < 1.29 is 18.7 Å². The van der Waals surface area contributed by atoms with E-state index in [2.05, 4.69) is 10.3 Å². The van der Waals surface area contributed by atoms with Crippen molar-refractivity contribution in [3.63, 3.8) is 0 Å². The van der Waals surface area contributed by atoms with Crippen molar-refractivity contribution in [2.24, 2.45) is 0 Å². The molecule has 2 aromatic carbocycles. The molecule has 30 heavy (non-hydrogen) atoms. The molecule has 1 aliphatic rings. The third-order valence-corrected chi connectivity index (χ3v) is 5.95. The third-order valence-electron chi connectivity index (χ3n) is 5.01. The van der Waals surface area contributed by atoms with Crippen LogP contribution in [0.25, 0.3) is 11.1 Å². The lowest BCUT2D eigenvalue weighted by Gasteiger charge is -2.16. The summed E-state index contributed by atoms with van der Waals surface area (Å²) in [7, 11) is 1.57. The zero-order valence-corrected chi connectivity index (χ0v) is 17.9. The third kappa shape index (κ3) is 5.59. The van der Waals surface area contributed by atoms with Gasteiger partial charge in [-0.25, -0.2) is 4.39 Å². The van der Waals surface area contributed by atoms with E-state index in [1.807, 2.05) is 30.3 Å². The number of likely N-dealkylation sites (tertiary alicyclic amines) is 1. The number of nitrogens with one attached hydrogen (secondary N) is 2. The lowest BCUT2D eigenvalue weighted by atomic mass is 9.99. The van der Waals surface area contributed by atoms with Crippen molar-refractivity contribution >= 4 is 23.8 Å². The highest BCUT2D eigenvalue weighted by molar-refractivity contribution is 7.98. The Morgan fingerprint density at radius 3 is 2.73 bits per heavy atom. The quantitative estimate of drug-likeness (QED) is 0.496. The molecule has 1 aliphatic heterocycles. The van der Waals surface area contributed by atoms with Gasteiger partial charge in [-0.1, -0.05) is 42.3 Å². The minimum absolute atomic E-state index is 0.00950. The van der Waals surface area contributed by atoms with Crippen LogP contribution < -0.4 is 10.3 Å². The standard InChI is InChI=1S/C22H26FN3O3S/c1-15-12-17(16-6-4-3-5-7-16)13-19(21(15)23)22(28)24-25-30-18-8-10-26(14-18)20(27)9-11-29-2/h3-7,12-13,18,25H,8-11,14H2,1-2H3,(H,24,28). The summed E-state index contributed by atoms with van der Waals surface area (Å²) >= 11 is 1.33. The van der Waals surface area contributed by atoms with Gasteiger partial charge in [0, 0.05) is 25.4 Å². The number of halogens is 1. The summed E-state index contributed by atoms with van der Waals surface area (Å²) in [6.45, 7) is 3.35. The summed E-state index contributed by atoms with van der Waals surface area (Å²) in [6.07, 6.45) is 1.19. The zero-order valence-electron chi connectivity index (χ0n) is 17.1. The molecule has 1 saturated heterocycles. The predicted octanol–water partition coefficient (Wildman–Crippen LogP) is 3.32. The Labute approximate surface area is 180 Å². The number of hydrazine groups is 1. The van der Waals surface area contributed by atoms with E-state index in [-0.39, 0.29) is 16.7 Å². The number of aryl methyl sites for hydroxylation is 1. The van der Waals surface area contributed by atoms with Crippen LogP contribution in [-0.2, 0) is 9.53 Å². The van der Waals surface area contributed by atoms with Gasteiger partial charge in [-0.3, -0.25) is 15.0 Å². The maximum atomic E-state index is 14.6. The highest BCUT2D eigenvalue weighted by Gasteiger charge is 2.26. The topological polar surface area (TPSA) is 70.7 Å². The molecule has 0 saturated carbocycles. The van der Waals surface area contributed by atoms with E-state index in [4.69, 9.17) is 4.74 Å². The highest BCUT2D eigenvalue weighted by atomic mass is 32.2. The first-order chi connectivity index (χ1) is 14.5. The normalized spacial score (nSPS) is 16.0. The summed E-state index contributed by atoms with van der Waals surface area (Å²) in [5, 5.41) is 0.152. The number of amides is 2. The van der Waals surface area contributed by atoms with Gasteiger partial charge in [0.2, 0.25) is 5.91 Å². The summed E-state index contributed by atoms with van der Waals surface area (Å²) in [4.78, 5) is 29.2. The van der Waals surface area contributed by atoms with Crippen LogP contribution in [0.15, 0.2) is 42.5 Å². The van der Waals surface area contributed by atoms with E-state index in [0.717, 1.165) is 17.5 Å². The molecule has 0 radical (unpaired) electrons. The Bertz CT molecular complexity index is 895. The monoisotopic (exact) mass is 431 g/mol. The molecule has 6 nitrogen and oxygen atoms in total. The Hall–Kier alpha value is -2.42. The molecule has 160 valence electrons. The molecule has 2 amide bonds. The SMILES string of the molecule is COCCC(=O)N1CCC(SNNC(=O)c2cc(-c3ccccc3)cc(C)c2F)C1. The van der Waals surface area contributed by atoms with Gasteiger partial charge in [0.1, 0.15) is 5.82 Å². The zero-order chi connectivity index (χ0) is 21.5. The van der Waals surface area contributed by atoms with Crippen molar-refractivity contribution in [2.45, 2.75) is 25.0 Å². The minimum Gasteiger partial charge on any atom is -0.384 e. The number of carbonyl (C=O) groups is 2. The van der Waals surface area contributed by atoms with E-state index in [9.17, 15) is 14.0 Å². The molecule has 8 heteroatoms. The number of hydrogen-bond acceptors (Lipinski definition) is 5. The molecule has 2 N–H and O–H groups in total. The number of nitrogens with zero attached hydrogens (tertiary/aromatic N) is 1. The summed E-state index contributed by atoms with van der Waals surface area (Å²) < 4.78 is 19.5. The summed E-state index contributed by atoms with van der Waals surface area (Å²) in [5.74, 6) is -0.999. The molecule has 0 spiro atoms. The van der Waals surface area contributed by atoms with Crippen molar-refractivity contribution in [2.75, 3.05) is 26.8 Å². The minimum atomic E-state index is -0.535. The van der Waals surface area contributed by atoms with E-state index >= 15 is 0 Å². The fourth-order valence-corrected chi connectivity index (χ4v) is 4.15. The molecular formula is C22H26FN3O3S. The van der Waals surface area contributed by atoms with Gasteiger partial charge in [-0.2, -0.15) is 4.83 Å². The largest absolute Gasteiger partial charge is 0.384 e. The lowest BCUT2D eigenvalue weighted by Crippen LogP contribution is -2.35. The van der Waals surface area contributed by atoms with Gasteiger partial charge in [0.05, 0.1) is 18.6 Å². The van der Waals surface area contributed by atoms with E-state index in [1.165, 1.54) is 11.9 Å². The van der Waals surface area contributed by atoms with Crippen LogP contribution in [0.3, 0.4) is 0 Å². The maximum absolute atomic E-state index is 14.6. The van der Waals surface area contributed by atoms with Gasteiger partial charge < -0.3 is 9.64 Å². The van der Waals surface area contributed by atoms with Crippen LogP contribution >= 0.6 is 11.9 Å². The maximum Gasteiger partial charge on any atom is 0.269 e. The molecule has 3 rings (SSSR count). The molecule has 2 aromatic rings. The average molecular weight is 432 g/mol. The van der Waals surface area contributed by atoms with Crippen molar-refractivity contribution in [3.8, 4) is 11.1 Å². The molecule has 1 fully saturated rings. The number of hydrogen-bond donors (Lipinski definition) is 2. The molecule has 0 aliphatic carbocycles. The van der Waals surface area contributed by atoms with Crippen molar-refractivity contribution in [1.29, 1.82) is 0 Å². The van der Waals surface area contributed by atoms with Crippen LogP contribution in [0, 0.1) is 12.7 Å². The Morgan fingerprint density at radius 1 is 1.23 bits per heavy atom. The first-order valence-corrected chi connectivity index (χ1v) is 10.7. The van der Waals surface area contributed by atoms with E-state index in [1.54, 1.807) is 31.1 Å². The predicted molar refractivity (Wildman–Crippen MR) is 116 cm³/mol. The van der Waals surface area contributed by atoms with Gasteiger partial charge in [-0.15, -0.1) is 0 Å². The van der Waals surface area contributed by atoms with E-state index < -0.39 is 11.7 Å².